The van der Waals surface area contributed by atoms with Gasteiger partial charge in [-0.2, -0.15) is 0 Å². The third kappa shape index (κ3) is 2.07. The largest absolute Gasteiger partial charge is 0.464 e. The number of nitrogens with one attached hydrogen (secondary N) is 1. The second-order valence-corrected chi connectivity index (χ2v) is 4.05. The molecule has 0 bridgehead atoms. The number of esters is 1. The molecule has 1 N–H and O–H groups in total. The van der Waals surface area contributed by atoms with Crippen molar-refractivity contribution in [2.45, 2.75) is 19.4 Å². The van der Waals surface area contributed by atoms with Gasteiger partial charge in [0.15, 0.2) is 0 Å². The Morgan fingerprint density at radius 3 is 3.06 bits per heavy atom. The summed E-state index contributed by atoms with van der Waals surface area (Å²) in [4.78, 5) is 12.2. The number of ether oxygens (including phenoxy) is 1. The van der Waals surface area contributed by atoms with Gasteiger partial charge in [0.25, 0.3) is 0 Å². The van der Waals surface area contributed by atoms with Gasteiger partial charge in [-0.1, -0.05) is 36.5 Å². The fourth-order valence-corrected chi connectivity index (χ4v) is 2.15. The summed E-state index contributed by atoms with van der Waals surface area (Å²) in [5, 5.41) is 3.01. The molecule has 1 heterocycles. The third-order valence-electron chi connectivity index (χ3n) is 2.56. The molecule has 1 aromatic carbocycles. The van der Waals surface area contributed by atoms with Crippen LogP contribution in [0.15, 0.2) is 24.3 Å². The van der Waals surface area contributed by atoms with Crippen LogP contribution in [0.4, 0.5) is 0 Å². The summed E-state index contributed by atoms with van der Waals surface area (Å²) in [7, 11) is 0. The van der Waals surface area contributed by atoms with Crippen LogP contribution in [-0.2, 0) is 16.0 Å². The van der Waals surface area contributed by atoms with Gasteiger partial charge in [-0.15, -0.1) is 0 Å². The van der Waals surface area contributed by atoms with Crippen molar-refractivity contribution >= 4 is 23.2 Å². The van der Waals surface area contributed by atoms with Gasteiger partial charge in [-0.3, -0.25) is 0 Å². The van der Waals surface area contributed by atoms with Crippen molar-refractivity contribution in [1.29, 1.82) is 0 Å². The quantitative estimate of drug-likeness (QED) is 0.622. The van der Waals surface area contributed by atoms with Crippen LogP contribution in [0, 0.1) is 0 Å². The summed E-state index contributed by atoms with van der Waals surface area (Å²) >= 11 is 5.22. The summed E-state index contributed by atoms with van der Waals surface area (Å²) < 4.78 is 4.98. The first-order valence-corrected chi connectivity index (χ1v) is 5.68. The van der Waals surface area contributed by atoms with Crippen LogP contribution in [0.1, 0.15) is 18.1 Å². The predicted octanol–water partition coefficient (Wildman–Crippen LogP) is 1.44. The Bertz CT molecular complexity index is 431. The average molecular weight is 235 g/mol. The van der Waals surface area contributed by atoms with Crippen molar-refractivity contribution in [3.8, 4) is 0 Å². The molecular weight excluding hydrogens is 222 g/mol. The highest BCUT2D eigenvalue weighted by Gasteiger charge is 2.27. The van der Waals surface area contributed by atoms with Crippen molar-refractivity contribution in [1.82, 2.24) is 5.32 Å². The maximum Gasteiger partial charge on any atom is 0.328 e. The molecule has 2 rings (SSSR count). The summed E-state index contributed by atoms with van der Waals surface area (Å²) in [5.74, 6) is -0.237. The first-order chi connectivity index (χ1) is 7.72. The maximum absolute atomic E-state index is 11.6. The number of fused-ring (bicyclic) bond motifs is 1. The smallest absolute Gasteiger partial charge is 0.328 e. The predicted molar refractivity (Wildman–Crippen MR) is 65.4 cm³/mol. The summed E-state index contributed by atoms with van der Waals surface area (Å²) in [5.41, 5.74) is 2.11. The van der Waals surface area contributed by atoms with Gasteiger partial charge in [0, 0.05) is 12.0 Å². The maximum atomic E-state index is 11.6. The van der Waals surface area contributed by atoms with E-state index in [1.807, 2.05) is 24.3 Å². The molecule has 16 heavy (non-hydrogen) atoms. The lowest BCUT2D eigenvalue weighted by Crippen LogP contribution is -2.46. The van der Waals surface area contributed by atoms with Gasteiger partial charge < -0.3 is 10.1 Å². The molecule has 0 spiro atoms. The van der Waals surface area contributed by atoms with E-state index < -0.39 is 0 Å². The Labute approximate surface area is 99.8 Å². The molecule has 0 aliphatic carbocycles. The normalized spacial score (nSPS) is 18.6. The van der Waals surface area contributed by atoms with E-state index >= 15 is 0 Å². The molecule has 0 amide bonds. The molecule has 1 atom stereocenters. The lowest BCUT2D eigenvalue weighted by atomic mass is 9.96. The van der Waals surface area contributed by atoms with Crippen LogP contribution in [0.2, 0.25) is 0 Å². The highest BCUT2D eigenvalue weighted by Crippen LogP contribution is 2.17. The van der Waals surface area contributed by atoms with E-state index in [2.05, 4.69) is 5.32 Å². The summed E-state index contributed by atoms with van der Waals surface area (Å²) in [6.45, 7) is 2.19. The van der Waals surface area contributed by atoms with E-state index in [0.717, 1.165) is 11.1 Å². The Morgan fingerprint density at radius 1 is 1.56 bits per heavy atom. The number of thiocarbonyl (C=S) groups is 1. The first kappa shape index (κ1) is 11.1. The number of hydrogen-bond acceptors (Lipinski definition) is 3. The molecule has 84 valence electrons. The van der Waals surface area contributed by atoms with E-state index in [-0.39, 0.29) is 12.0 Å². The second-order valence-electron chi connectivity index (χ2n) is 3.64. The highest BCUT2D eigenvalue weighted by atomic mass is 32.1. The van der Waals surface area contributed by atoms with Crippen molar-refractivity contribution in [2.75, 3.05) is 6.61 Å². The standard InChI is InChI=1S/C12H13NO2S/c1-2-15-12(14)10-7-8-5-3-4-6-9(8)11(16)13-10/h3-6,10H,2,7H2,1H3,(H,13,16)/t10-/m1/s1. The van der Waals surface area contributed by atoms with Crippen molar-refractivity contribution < 1.29 is 9.53 Å². The Kier molecular flexibility index (Phi) is 3.19. The monoisotopic (exact) mass is 235 g/mol. The van der Waals surface area contributed by atoms with Crippen LogP contribution in [-0.4, -0.2) is 23.6 Å². The minimum atomic E-state index is -0.345. The van der Waals surface area contributed by atoms with Crippen LogP contribution in [0.3, 0.4) is 0 Å². The molecular formula is C12H13NO2S. The van der Waals surface area contributed by atoms with Crippen molar-refractivity contribution in [2.24, 2.45) is 0 Å². The number of carbonyl (C=O) groups excluding carboxylic acids is 1. The van der Waals surface area contributed by atoms with Crippen LogP contribution >= 0.6 is 12.2 Å². The molecule has 4 heteroatoms. The molecule has 1 aromatic rings. The van der Waals surface area contributed by atoms with Crippen LogP contribution in [0.5, 0.6) is 0 Å². The second kappa shape index (κ2) is 4.61. The van der Waals surface area contributed by atoms with E-state index in [1.165, 1.54) is 0 Å². The topological polar surface area (TPSA) is 38.3 Å². The molecule has 0 aromatic heterocycles. The van der Waals surface area contributed by atoms with E-state index in [9.17, 15) is 4.79 Å². The molecule has 0 fully saturated rings. The van der Waals surface area contributed by atoms with E-state index in [4.69, 9.17) is 17.0 Å². The zero-order chi connectivity index (χ0) is 11.5. The van der Waals surface area contributed by atoms with Crippen molar-refractivity contribution in [3.63, 3.8) is 0 Å². The van der Waals surface area contributed by atoms with Crippen LogP contribution in [0.25, 0.3) is 0 Å². The molecule has 1 aliphatic heterocycles. The fourth-order valence-electron chi connectivity index (χ4n) is 1.81. The Hall–Kier alpha value is -1.42. The van der Waals surface area contributed by atoms with Gasteiger partial charge >= 0.3 is 5.97 Å². The first-order valence-electron chi connectivity index (χ1n) is 5.27. The molecule has 0 radical (unpaired) electrons. The minimum Gasteiger partial charge on any atom is -0.464 e. The van der Waals surface area contributed by atoms with E-state index in [0.29, 0.717) is 18.0 Å². The molecule has 3 nitrogen and oxygen atoms in total. The zero-order valence-corrected chi connectivity index (χ0v) is 9.84. The molecule has 1 aliphatic rings. The molecule has 0 saturated heterocycles. The van der Waals surface area contributed by atoms with E-state index in [1.54, 1.807) is 6.92 Å². The minimum absolute atomic E-state index is 0.237. The number of benzene rings is 1. The summed E-state index contributed by atoms with van der Waals surface area (Å²) in [6.07, 6.45) is 0.634. The SMILES string of the molecule is CCOC(=O)[C@H]1Cc2ccccc2C(=S)N1. The highest BCUT2D eigenvalue weighted by molar-refractivity contribution is 7.80. The fraction of sp³-hybridized carbons (Fsp3) is 0.333. The third-order valence-corrected chi connectivity index (χ3v) is 2.90. The zero-order valence-electron chi connectivity index (χ0n) is 9.03. The van der Waals surface area contributed by atoms with Crippen LogP contribution < -0.4 is 5.32 Å². The van der Waals surface area contributed by atoms with Crippen molar-refractivity contribution in [3.05, 3.63) is 35.4 Å². The van der Waals surface area contributed by atoms with Gasteiger partial charge in [0.05, 0.1) is 6.61 Å². The number of carbonyl (C=O) groups is 1. The molecule has 0 unspecified atom stereocenters. The molecule has 0 saturated carbocycles. The average Bonchev–Trinajstić information content (AvgIpc) is 2.29. The number of hydrogen-bond donors (Lipinski definition) is 1. The Balaban J connectivity index is 2.21. The number of rotatable bonds is 2. The van der Waals surface area contributed by atoms with Gasteiger partial charge in [-0.05, 0) is 12.5 Å². The van der Waals surface area contributed by atoms with Gasteiger partial charge in [-0.25, -0.2) is 4.79 Å². The van der Waals surface area contributed by atoms with Gasteiger partial charge in [0.1, 0.15) is 11.0 Å². The summed E-state index contributed by atoms with van der Waals surface area (Å²) in [6, 6.07) is 7.51. The lowest BCUT2D eigenvalue weighted by Gasteiger charge is -2.25. The Morgan fingerprint density at radius 2 is 2.31 bits per heavy atom. The lowest BCUT2D eigenvalue weighted by molar-refractivity contribution is -0.145. The van der Waals surface area contributed by atoms with Gasteiger partial charge in [0.2, 0.25) is 0 Å².